The molecule has 0 aliphatic rings. The van der Waals surface area contributed by atoms with Gasteiger partial charge in [0, 0.05) is 22.2 Å². The number of ether oxygens (including phenoxy) is 1. The number of pyridine rings is 1. The summed E-state index contributed by atoms with van der Waals surface area (Å²) in [5.74, 6) is -0.126. The van der Waals surface area contributed by atoms with Gasteiger partial charge in [-0.3, -0.25) is 9.59 Å². The lowest BCUT2D eigenvalue weighted by Gasteiger charge is -2.09. The number of hydrogen-bond donors (Lipinski definition) is 2. The van der Waals surface area contributed by atoms with E-state index in [9.17, 15) is 9.59 Å². The van der Waals surface area contributed by atoms with Crippen LogP contribution in [0.2, 0.25) is 0 Å². The van der Waals surface area contributed by atoms with Gasteiger partial charge in [-0.15, -0.1) is 0 Å². The van der Waals surface area contributed by atoms with E-state index in [2.05, 4.69) is 10.3 Å². The molecule has 0 spiro atoms. The van der Waals surface area contributed by atoms with Crippen molar-refractivity contribution < 1.29 is 14.3 Å². The molecular formula is C24H19N3O3. The van der Waals surface area contributed by atoms with E-state index in [4.69, 9.17) is 10.5 Å². The number of para-hydroxylation sites is 1. The maximum absolute atomic E-state index is 12.4. The van der Waals surface area contributed by atoms with Crippen LogP contribution >= 0.6 is 0 Å². The highest BCUT2D eigenvalue weighted by atomic mass is 16.5. The summed E-state index contributed by atoms with van der Waals surface area (Å²) in [5.41, 5.74) is 8.42. The first-order valence-electron chi connectivity index (χ1n) is 9.37. The van der Waals surface area contributed by atoms with Crippen molar-refractivity contribution in [2.45, 2.75) is 6.61 Å². The lowest BCUT2D eigenvalue weighted by Crippen LogP contribution is -2.13. The van der Waals surface area contributed by atoms with Gasteiger partial charge in [0.25, 0.3) is 5.91 Å². The summed E-state index contributed by atoms with van der Waals surface area (Å²) >= 11 is 0. The summed E-state index contributed by atoms with van der Waals surface area (Å²) in [7, 11) is 0. The predicted octanol–water partition coefficient (Wildman–Crippen LogP) is 4.17. The van der Waals surface area contributed by atoms with E-state index in [0.717, 1.165) is 16.6 Å². The number of benzene rings is 3. The monoisotopic (exact) mass is 397 g/mol. The highest BCUT2D eigenvalue weighted by Gasteiger charge is 2.08. The minimum Gasteiger partial charge on any atom is -0.487 e. The number of hydrogen-bond acceptors (Lipinski definition) is 4. The molecule has 0 bridgehead atoms. The van der Waals surface area contributed by atoms with Crippen LogP contribution in [-0.2, 0) is 6.61 Å². The molecule has 6 heteroatoms. The Bertz CT molecular complexity index is 1200. The van der Waals surface area contributed by atoms with Crippen molar-refractivity contribution in [1.82, 2.24) is 4.98 Å². The van der Waals surface area contributed by atoms with Crippen LogP contribution in [0.5, 0.6) is 5.75 Å². The molecule has 2 amide bonds. The van der Waals surface area contributed by atoms with Gasteiger partial charge in [-0.1, -0.05) is 24.3 Å². The number of carbonyl (C=O) groups excluding carboxylic acids is 2. The van der Waals surface area contributed by atoms with Crippen molar-refractivity contribution in [2.75, 3.05) is 5.32 Å². The maximum atomic E-state index is 12.4. The highest BCUT2D eigenvalue weighted by Crippen LogP contribution is 2.17. The minimum atomic E-state index is -0.512. The molecule has 6 nitrogen and oxygen atoms in total. The number of nitrogens with one attached hydrogen (secondary N) is 1. The van der Waals surface area contributed by atoms with Gasteiger partial charge in [0.05, 0.1) is 11.2 Å². The smallest absolute Gasteiger partial charge is 0.255 e. The van der Waals surface area contributed by atoms with Gasteiger partial charge < -0.3 is 15.8 Å². The van der Waals surface area contributed by atoms with Crippen molar-refractivity contribution in [3.63, 3.8) is 0 Å². The fourth-order valence-corrected chi connectivity index (χ4v) is 2.97. The van der Waals surface area contributed by atoms with Crippen LogP contribution < -0.4 is 15.8 Å². The normalized spacial score (nSPS) is 10.5. The molecular weight excluding hydrogens is 378 g/mol. The van der Waals surface area contributed by atoms with Crippen LogP contribution in [0.15, 0.2) is 84.9 Å². The Morgan fingerprint density at radius 1 is 0.833 bits per heavy atom. The number of nitrogens with zero attached hydrogens (tertiary/aromatic N) is 1. The fraction of sp³-hybridized carbons (Fsp3) is 0.0417. The Morgan fingerprint density at radius 3 is 2.27 bits per heavy atom. The minimum absolute atomic E-state index is 0.260. The van der Waals surface area contributed by atoms with Gasteiger partial charge in [-0.25, -0.2) is 4.98 Å². The standard InChI is InChI=1S/C24H19N3O3/c25-23(28)17-6-10-19(11-7-17)27-24(29)18-8-13-21(14-9-18)30-15-20-12-5-16-3-1-2-4-22(16)26-20/h1-14H,15H2,(H2,25,28)(H,27,29). The Morgan fingerprint density at radius 2 is 1.53 bits per heavy atom. The molecule has 0 radical (unpaired) electrons. The van der Waals surface area contributed by atoms with Crippen molar-refractivity contribution in [1.29, 1.82) is 0 Å². The largest absolute Gasteiger partial charge is 0.487 e. The number of carbonyl (C=O) groups is 2. The second-order valence-electron chi connectivity index (χ2n) is 6.70. The maximum Gasteiger partial charge on any atom is 0.255 e. The molecule has 3 aromatic carbocycles. The van der Waals surface area contributed by atoms with Crippen molar-refractivity contribution >= 4 is 28.4 Å². The quantitative estimate of drug-likeness (QED) is 0.511. The first-order chi connectivity index (χ1) is 14.6. The summed E-state index contributed by atoms with van der Waals surface area (Å²) in [5, 5.41) is 3.86. The number of anilines is 1. The molecule has 3 N–H and O–H groups in total. The predicted molar refractivity (Wildman–Crippen MR) is 115 cm³/mol. The van der Waals surface area contributed by atoms with E-state index in [1.54, 1.807) is 48.5 Å². The lowest BCUT2D eigenvalue weighted by atomic mass is 10.1. The Hall–Kier alpha value is -4.19. The second kappa shape index (κ2) is 8.45. The highest BCUT2D eigenvalue weighted by molar-refractivity contribution is 6.04. The van der Waals surface area contributed by atoms with Gasteiger partial charge in [-0.2, -0.15) is 0 Å². The average Bonchev–Trinajstić information content (AvgIpc) is 2.78. The van der Waals surface area contributed by atoms with Gasteiger partial charge in [0.1, 0.15) is 12.4 Å². The van der Waals surface area contributed by atoms with Crippen molar-refractivity contribution in [3.8, 4) is 5.75 Å². The molecule has 4 rings (SSSR count). The average molecular weight is 397 g/mol. The first kappa shape index (κ1) is 19.1. The topological polar surface area (TPSA) is 94.3 Å². The molecule has 1 aromatic heterocycles. The Labute approximate surface area is 173 Å². The number of rotatable bonds is 6. The third-order valence-corrected chi connectivity index (χ3v) is 4.59. The van der Waals surface area contributed by atoms with Gasteiger partial charge >= 0.3 is 0 Å². The molecule has 1 heterocycles. The van der Waals surface area contributed by atoms with Crippen molar-refractivity contribution in [3.05, 3.63) is 102 Å². The zero-order chi connectivity index (χ0) is 20.9. The van der Waals surface area contributed by atoms with Crippen molar-refractivity contribution in [2.24, 2.45) is 5.73 Å². The third kappa shape index (κ3) is 4.44. The summed E-state index contributed by atoms with van der Waals surface area (Å²) in [6, 6.07) is 25.1. The third-order valence-electron chi connectivity index (χ3n) is 4.59. The van der Waals surface area contributed by atoms with E-state index in [1.807, 2.05) is 36.4 Å². The number of primary amides is 1. The van der Waals surface area contributed by atoms with E-state index in [-0.39, 0.29) is 5.91 Å². The van der Waals surface area contributed by atoms with Crippen LogP contribution in [0, 0.1) is 0 Å². The Balaban J connectivity index is 1.36. The van der Waals surface area contributed by atoms with E-state index < -0.39 is 5.91 Å². The molecule has 0 atom stereocenters. The summed E-state index contributed by atoms with van der Waals surface area (Å²) in [4.78, 5) is 28.1. The first-order valence-corrected chi connectivity index (χ1v) is 9.37. The fourth-order valence-electron chi connectivity index (χ4n) is 2.97. The van der Waals surface area contributed by atoms with Crippen LogP contribution in [0.1, 0.15) is 26.4 Å². The van der Waals surface area contributed by atoms with Crippen LogP contribution in [-0.4, -0.2) is 16.8 Å². The lowest BCUT2D eigenvalue weighted by molar-refractivity contribution is 0.0998. The summed E-state index contributed by atoms with van der Waals surface area (Å²) in [6.45, 7) is 0.336. The number of nitrogens with two attached hydrogens (primary N) is 1. The molecule has 4 aromatic rings. The number of amides is 2. The van der Waals surface area contributed by atoms with Gasteiger partial charge in [-0.05, 0) is 60.7 Å². The molecule has 0 aliphatic carbocycles. The van der Waals surface area contributed by atoms with Crippen LogP contribution in [0.25, 0.3) is 10.9 Å². The number of fused-ring (bicyclic) bond motifs is 1. The molecule has 30 heavy (non-hydrogen) atoms. The molecule has 0 unspecified atom stereocenters. The van der Waals surface area contributed by atoms with Crippen LogP contribution in [0.3, 0.4) is 0 Å². The summed E-state index contributed by atoms with van der Waals surface area (Å²) in [6.07, 6.45) is 0. The summed E-state index contributed by atoms with van der Waals surface area (Å²) < 4.78 is 5.79. The zero-order valence-electron chi connectivity index (χ0n) is 16.0. The number of aromatic nitrogens is 1. The molecule has 148 valence electrons. The van der Waals surface area contributed by atoms with Crippen LogP contribution in [0.4, 0.5) is 5.69 Å². The molecule has 0 saturated carbocycles. The zero-order valence-corrected chi connectivity index (χ0v) is 16.0. The SMILES string of the molecule is NC(=O)c1ccc(NC(=O)c2ccc(OCc3ccc4ccccc4n3)cc2)cc1. The molecule has 0 saturated heterocycles. The Kier molecular flexibility index (Phi) is 5.39. The second-order valence-corrected chi connectivity index (χ2v) is 6.70. The molecule has 0 aliphatic heterocycles. The van der Waals surface area contributed by atoms with Gasteiger partial charge in [0.2, 0.25) is 5.91 Å². The van der Waals surface area contributed by atoms with E-state index >= 15 is 0 Å². The van der Waals surface area contributed by atoms with Gasteiger partial charge in [0.15, 0.2) is 0 Å². The molecule has 0 fully saturated rings. The van der Waals surface area contributed by atoms with E-state index in [0.29, 0.717) is 29.2 Å². The van der Waals surface area contributed by atoms with E-state index in [1.165, 1.54) is 0 Å².